The third-order valence-electron chi connectivity index (χ3n) is 4.13. The van der Waals surface area contributed by atoms with Gasteiger partial charge in [0.15, 0.2) is 11.6 Å². The molecule has 6 nitrogen and oxygen atoms in total. The molecule has 168 valence electrons. The monoisotopic (exact) mass is 558 g/mol. The minimum atomic E-state index is -1.26. The van der Waals surface area contributed by atoms with Crippen molar-refractivity contribution in [2.75, 3.05) is 18.5 Å². The van der Waals surface area contributed by atoms with Crippen LogP contribution in [0.15, 0.2) is 60.7 Å². The zero-order valence-electron chi connectivity index (χ0n) is 16.4. The molecule has 1 atom stereocenters. The Morgan fingerprint density at radius 2 is 1.66 bits per heavy atom. The molecule has 0 saturated heterocycles. The number of carbonyl (C=O) groups is 1. The van der Waals surface area contributed by atoms with Crippen LogP contribution in [0.25, 0.3) is 0 Å². The molecule has 0 aliphatic rings. The topological polar surface area (TPSA) is 79.8 Å². The molecule has 0 aliphatic carbocycles. The van der Waals surface area contributed by atoms with Gasteiger partial charge in [0.25, 0.3) is 5.91 Å². The molecule has 32 heavy (non-hydrogen) atoms. The summed E-state index contributed by atoms with van der Waals surface area (Å²) >= 11 is 1.92. The Bertz CT molecular complexity index is 1090. The van der Waals surface area contributed by atoms with Crippen molar-refractivity contribution in [3.8, 4) is 5.75 Å². The van der Waals surface area contributed by atoms with Gasteiger partial charge in [0.1, 0.15) is 30.9 Å². The molecule has 1 unspecified atom stereocenters. The second-order valence-corrected chi connectivity index (χ2v) is 7.83. The van der Waals surface area contributed by atoms with Crippen LogP contribution < -0.4 is 15.5 Å². The van der Waals surface area contributed by atoms with E-state index in [1.165, 1.54) is 12.1 Å². The first-order valence-corrected chi connectivity index (χ1v) is 10.4. The smallest absolute Gasteiger partial charge is 0.277 e. The summed E-state index contributed by atoms with van der Waals surface area (Å²) < 4.78 is 47.6. The van der Waals surface area contributed by atoms with E-state index in [-0.39, 0.29) is 30.2 Å². The zero-order valence-corrected chi connectivity index (χ0v) is 18.6. The molecule has 0 spiro atoms. The molecule has 0 heterocycles. The van der Waals surface area contributed by atoms with Gasteiger partial charge in [-0.2, -0.15) is 0 Å². The summed E-state index contributed by atoms with van der Waals surface area (Å²) in [5.74, 6) is -3.49. The highest BCUT2D eigenvalue weighted by molar-refractivity contribution is 14.1. The first kappa shape index (κ1) is 23.8. The number of amides is 1. The van der Waals surface area contributed by atoms with Crippen molar-refractivity contribution in [1.82, 2.24) is 5.48 Å². The molecule has 10 heteroatoms. The average molecular weight is 558 g/mol. The Morgan fingerprint density at radius 1 is 0.938 bits per heavy atom. The van der Waals surface area contributed by atoms with E-state index in [0.29, 0.717) is 15.4 Å². The predicted octanol–water partition coefficient (Wildman–Crippen LogP) is 4.55. The Labute approximate surface area is 195 Å². The van der Waals surface area contributed by atoms with Gasteiger partial charge in [0, 0.05) is 9.64 Å². The molecule has 3 aromatic rings. The van der Waals surface area contributed by atoms with Crippen LogP contribution >= 0.6 is 22.6 Å². The molecular formula is C22H18F3IN2O4. The number of hydrogen-bond acceptors (Lipinski definition) is 5. The van der Waals surface area contributed by atoms with Crippen LogP contribution in [0.2, 0.25) is 0 Å². The van der Waals surface area contributed by atoms with E-state index in [4.69, 9.17) is 9.57 Å². The lowest BCUT2D eigenvalue weighted by molar-refractivity contribution is -0.0259. The Hall–Kier alpha value is -2.83. The summed E-state index contributed by atoms with van der Waals surface area (Å²) in [6.07, 6.45) is -1.07. The lowest BCUT2D eigenvalue weighted by atomic mass is 10.1. The number of para-hydroxylation sites is 1. The van der Waals surface area contributed by atoms with Crippen LogP contribution in [0.4, 0.5) is 24.5 Å². The number of halogens is 4. The molecule has 0 aromatic heterocycles. The number of hydroxylamine groups is 1. The van der Waals surface area contributed by atoms with Gasteiger partial charge in [0.05, 0.1) is 16.9 Å². The van der Waals surface area contributed by atoms with Crippen molar-refractivity contribution in [1.29, 1.82) is 0 Å². The quantitative estimate of drug-likeness (QED) is 0.265. The van der Waals surface area contributed by atoms with E-state index in [1.54, 1.807) is 30.3 Å². The third kappa shape index (κ3) is 6.58. The molecule has 0 saturated carbocycles. The van der Waals surface area contributed by atoms with Gasteiger partial charge in [-0.15, -0.1) is 0 Å². The number of aliphatic hydroxyl groups is 1. The fourth-order valence-electron chi connectivity index (χ4n) is 2.59. The lowest BCUT2D eigenvalue weighted by Crippen LogP contribution is -2.31. The average Bonchev–Trinajstić information content (AvgIpc) is 2.77. The Balaban J connectivity index is 1.62. The number of nitrogens with one attached hydrogen (secondary N) is 2. The molecule has 3 rings (SSSR count). The van der Waals surface area contributed by atoms with Gasteiger partial charge in [-0.1, -0.05) is 18.2 Å². The first-order valence-electron chi connectivity index (χ1n) is 9.32. The second-order valence-electron chi connectivity index (χ2n) is 6.58. The van der Waals surface area contributed by atoms with Gasteiger partial charge in [-0.05, 0) is 59.0 Å². The standard InChI is InChI=1S/C22H18F3IN2O4/c23-17-9-16(21(10-18(17)24)27-20-7-6-13(26)8-19(20)25)22(30)28-32-12-14(29)11-31-15-4-2-1-3-5-15/h1-10,14,27,29H,11-12H2,(H,28,30). The van der Waals surface area contributed by atoms with Crippen molar-refractivity contribution in [2.24, 2.45) is 0 Å². The summed E-state index contributed by atoms with van der Waals surface area (Å²) in [6, 6.07) is 14.4. The Kier molecular flexibility index (Phi) is 8.31. The number of benzene rings is 3. The zero-order chi connectivity index (χ0) is 23.1. The molecule has 0 aliphatic heterocycles. The maximum absolute atomic E-state index is 14.1. The number of anilines is 2. The van der Waals surface area contributed by atoms with E-state index in [1.807, 2.05) is 34.1 Å². The fraction of sp³-hybridized carbons (Fsp3) is 0.136. The second kappa shape index (κ2) is 11.2. The van der Waals surface area contributed by atoms with Crippen LogP contribution in [0.5, 0.6) is 5.75 Å². The fourth-order valence-corrected chi connectivity index (χ4v) is 3.04. The molecule has 3 N–H and O–H groups in total. The van der Waals surface area contributed by atoms with Crippen molar-refractivity contribution >= 4 is 39.9 Å². The maximum atomic E-state index is 14.1. The van der Waals surface area contributed by atoms with Crippen molar-refractivity contribution < 1.29 is 32.6 Å². The summed E-state index contributed by atoms with van der Waals surface area (Å²) in [5.41, 5.74) is 1.53. The van der Waals surface area contributed by atoms with Gasteiger partial charge in [-0.3, -0.25) is 9.63 Å². The SMILES string of the molecule is O=C(NOCC(O)COc1ccccc1)c1cc(F)c(F)cc1Nc1ccc(I)cc1F. The predicted molar refractivity (Wildman–Crippen MR) is 120 cm³/mol. The maximum Gasteiger partial charge on any atom is 0.277 e. The van der Waals surface area contributed by atoms with Crippen LogP contribution in [-0.4, -0.2) is 30.3 Å². The van der Waals surface area contributed by atoms with Crippen LogP contribution in [0.1, 0.15) is 10.4 Å². The van der Waals surface area contributed by atoms with Gasteiger partial charge >= 0.3 is 0 Å². The van der Waals surface area contributed by atoms with E-state index in [9.17, 15) is 23.1 Å². The Morgan fingerprint density at radius 3 is 2.38 bits per heavy atom. The van der Waals surface area contributed by atoms with Gasteiger partial charge in [0.2, 0.25) is 0 Å². The van der Waals surface area contributed by atoms with Crippen LogP contribution in [0.3, 0.4) is 0 Å². The molecule has 0 fully saturated rings. The molecule has 3 aromatic carbocycles. The molecular weight excluding hydrogens is 540 g/mol. The number of carbonyl (C=O) groups excluding carboxylic acids is 1. The summed E-state index contributed by atoms with van der Waals surface area (Å²) in [4.78, 5) is 17.4. The summed E-state index contributed by atoms with van der Waals surface area (Å²) in [5, 5.41) is 12.5. The molecule has 0 bridgehead atoms. The highest BCUT2D eigenvalue weighted by atomic mass is 127. The van der Waals surface area contributed by atoms with E-state index >= 15 is 0 Å². The lowest BCUT2D eigenvalue weighted by Gasteiger charge is -2.15. The van der Waals surface area contributed by atoms with Crippen molar-refractivity contribution in [3.05, 3.63) is 87.2 Å². The third-order valence-corrected chi connectivity index (χ3v) is 4.80. The number of aliphatic hydroxyl groups excluding tert-OH is 1. The number of ether oxygens (including phenoxy) is 1. The van der Waals surface area contributed by atoms with E-state index in [0.717, 1.165) is 6.07 Å². The molecule has 0 radical (unpaired) electrons. The summed E-state index contributed by atoms with van der Waals surface area (Å²) in [7, 11) is 0. The highest BCUT2D eigenvalue weighted by Crippen LogP contribution is 2.26. The minimum Gasteiger partial charge on any atom is -0.491 e. The number of hydrogen-bond donors (Lipinski definition) is 3. The van der Waals surface area contributed by atoms with Crippen LogP contribution in [0, 0.1) is 21.0 Å². The highest BCUT2D eigenvalue weighted by Gasteiger charge is 2.18. The largest absolute Gasteiger partial charge is 0.491 e. The van der Waals surface area contributed by atoms with E-state index in [2.05, 4.69) is 5.32 Å². The van der Waals surface area contributed by atoms with Crippen molar-refractivity contribution in [3.63, 3.8) is 0 Å². The van der Waals surface area contributed by atoms with Crippen molar-refractivity contribution in [2.45, 2.75) is 6.10 Å². The van der Waals surface area contributed by atoms with Gasteiger partial charge in [-0.25, -0.2) is 18.7 Å². The summed E-state index contributed by atoms with van der Waals surface area (Å²) in [6.45, 7) is -0.416. The molecule has 1 amide bonds. The minimum absolute atomic E-state index is 0.0279. The van der Waals surface area contributed by atoms with E-state index < -0.39 is 29.5 Å². The number of rotatable bonds is 9. The van der Waals surface area contributed by atoms with Gasteiger partial charge < -0.3 is 15.2 Å². The van der Waals surface area contributed by atoms with Crippen LogP contribution in [-0.2, 0) is 4.84 Å². The first-order chi connectivity index (χ1) is 15.3. The normalized spacial score (nSPS) is 11.7.